The second kappa shape index (κ2) is 5.86. The molecule has 0 bridgehead atoms. The molecule has 0 aromatic heterocycles. The maximum Gasteiger partial charge on any atom is 0.325 e. The third kappa shape index (κ3) is 4.60. The number of ether oxygens (including phenoxy) is 1. The van der Waals surface area contributed by atoms with Crippen molar-refractivity contribution in [1.29, 1.82) is 0 Å². The molecule has 0 spiro atoms. The molecule has 1 rings (SSSR count). The van der Waals surface area contributed by atoms with Gasteiger partial charge in [0.25, 0.3) is 0 Å². The first-order chi connectivity index (χ1) is 7.99. The Morgan fingerprint density at radius 1 is 1.47 bits per heavy atom. The lowest BCUT2D eigenvalue weighted by molar-refractivity contribution is -0.138. The molecule has 0 aromatic carbocycles. The van der Waals surface area contributed by atoms with Gasteiger partial charge in [-0.25, -0.2) is 4.79 Å². The van der Waals surface area contributed by atoms with Gasteiger partial charge in [0.2, 0.25) is 0 Å². The van der Waals surface area contributed by atoms with E-state index in [1.807, 2.05) is 0 Å². The van der Waals surface area contributed by atoms with Crippen LogP contribution in [-0.4, -0.2) is 43.4 Å². The molecule has 6 heteroatoms. The van der Waals surface area contributed by atoms with E-state index in [0.717, 1.165) is 19.3 Å². The summed E-state index contributed by atoms with van der Waals surface area (Å²) < 4.78 is 5.01. The minimum absolute atomic E-state index is 0.166. The van der Waals surface area contributed by atoms with Gasteiger partial charge in [-0.05, 0) is 31.6 Å². The third-order valence-corrected chi connectivity index (χ3v) is 3.14. The molecule has 0 aromatic rings. The number of rotatable bonds is 7. The molecule has 6 nitrogen and oxygen atoms in total. The fourth-order valence-electron chi connectivity index (χ4n) is 1.59. The van der Waals surface area contributed by atoms with Crippen molar-refractivity contribution in [3.8, 4) is 0 Å². The van der Waals surface area contributed by atoms with Gasteiger partial charge in [0.1, 0.15) is 6.04 Å². The van der Waals surface area contributed by atoms with E-state index >= 15 is 0 Å². The molecule has 1 fully saturated rings. The van der Waals surface area contributed by atoms with E-state index in [1.165, 1.54) is 6.92 Å². The number of carbonyl (C=O) groups is 2. The van der Waals surface area contributed by atoms with Crippen molar-refractivity contribution >= 4 is 12.0 Å². The average Bonchev–Trinajstić information content (AvgIpc) is 3.04. The van der Waals surface area contributed by atoms with Gasteiger partial charge in [-0.3, -0.25) is 4.79 Å². The standard InChI is InChI=1S/C11H20N2O4/c1-8(9(14)15)13-10(16)12-7-11(3-4-11)5-6-17-2/h8H,3-7H2,1-2H3,(H,14,15)(H2,12,13,16). The number of amides is 2. The first-order valence-corrected chi connectivity index (χ1v) is 5.75. The number of hydrogen-bond acceptors (Lipinski definition) is 3. The smallest absolute Gasteiger partial charge is 0.325 e. The fourth-order valence-corrected chi connectivity index (χ4v) is 1.59. The van der Waals surface area contributed by atoms with Crippen LogP contribution in [-0.2, 0) is 9.53 Å². The van der Waals surface area contributed by atoms with Gasteiger partial charge in [-0.15, -0.1) is 0 Å². The summed E-state index contributed by atoms with van der Waals surface area (Å²) in [5.74, 6) is -1.04. The largest absolute Gasteiger partial charge is 0.480 e. The van der Waals surface area contributed by atoms with Crippen molar-refractivity contribution in [2.45, 2.75) is 32.2 Å². The van der Waals surface area contributed by atoms with E-state index < -0.39 is 18.0 Å². The summed E-state index contributed by atoms with van der Waals surface area (Å²) in [6.07, 6.45) is 3.11. The Balaban J connectivity index is 2.22. The number of aliphatic carboxylic acids is 1. The summed E-state index contributed by atoms with van der Waals surface area (Å²) in [6.45, 7) is 2.70. The van der Waals surface area contributed by atoms with Crippen LogP contribution < -0.4 is 10.6 Å². The molecule has 1 unspecified atom stereocenters. The molecule has 0 heterocycles. The molecule has 17 heavy (non-hydrogen) atoms. The molecule has 1 aliphatic rings. The van der Waals surface area contributed by atoms with Crippen molar-refractivity contribution in [3.05, 3.63) is 0 Å². The Hall–Kier alpha value is -1.30. The van der Waals surface area contributed by atoms with E-state index in [9.17, 15) is 9.59 Å². The van der Waals surface area contributed by atoms with Crippen LogP contribution in [0.5, 0.6) is 0 Å². The number of carbonyl (C=O) groups excluding carboxylic acids is 1. The molecule has 1 saturated carbocycles. The van der Waals surface area contributed by atoms with Crippen LogP contribution in [0, 0.1) is 5.41 Å². The maximum absolute atomic E-state index is 11.4. The molecule has 1 atom stereocenters. The highest BCUT2D eigenvalue weighted by molar-refractivity contribution is 5.82. The monoisotopic (exact) mass is 244 g/mol. The van der Waals surface area contributed by atoms with Crippen LogP contribution in [0.1, 0.15) is 26.2 Å². The predicted molar refractivity (Wildman–Crippen MR) is 61.8 cm³/mol. The Kier molecular flexibility index (Phi) is 4.74. The lowest BCUT2D eigenvalue weighted by Crippen LogP contribution is -2.45. The zero-order valence-electron chi connectivity index (χ0n) is 10.3. The molecular weight excluding hydrogens is 224 g/mol. The van der Waals surface area contributed by atoms with Crippen LogP contribution in [0.25, 0.3) is 0 Å². The molecule has 0 aliphatic heterocycles. The molecule has 0 saturated heterocycles. The van der Waals surface area contributed by atoms with Crippen LogP contribution in [0.4, 0.5) is 4.79 Å². The number of nitrogens with one attached hydrogen (secondary N) is 2. The van der Waals surface area contributed by atoms with Crippen LogP contribution in [0.3, 0.4) is 0 Å². The molecule has 0 radical (unpaired) electrons. The number of methoxy groups -OCH3 is 1. The van der Waals surface area contributed by atoms with Crippen molar-refractivity contribution in [3.63, 3.8) is 0 Å². The first-order valence-electron chi connectivity index (χ1n) is 5.75. The zero-order valence-corrected chi connectivity index (χ0v) is 10.3. The SMILES string of the molecule is COCCC1(CNC(=O)NC(C)C(=O)O)CC1. The molecular formula is C11H20N2O4. The van der Waals surface area contributed by atoms with Crippen molar-refractivity contribution < 1.29 is 19.4 Å². The van der Waals surface area contributed by atoms with Crippen LogP contribution in [0.15, 0.2) is 0 Å². The quantitative estimate of drug-likeness (QED) is 0.611. The highest BCUT2D eigenvalue weighted by atomic mass is 16.5. The van der Waals surface area contributed by atoms with E-state index in [0.29, 0.717) is 13.2 Å². The van der Waals surface area contributed by atoms with Gasteiger partial charge in [0.05, 0.1) is 0 Å². The van der Waals surface area contributed by atoms with Gasteiger partial charge >= 0.3 is 12.0 Å². The lowest BCUT2D eigenvalue weighted by Gasteiger charge is -2.16. The molecule has 98 valence electrons. The molecule has 2 amide bonds. The van der Waals surface area contributed by atoms with E-state index in [4.69, 9.17) is 9.84 Å². The van der Waals surface area contributed by atoms with Gasteiger partial charge in [-0.1, -0.05) is 0 Å². The summed E-state index contributed by atoms with van der Waals surface area (Å²) in [5, 5.41) is 13.7. The topological polar surface area (TPSA) is 87.7 Å². The van der Waals surface area contributed by atoms with Gasteiger partial charge in [0, 0.05) is 20.3 Å². The third-order valence-electron chi connectivity index (χ3n) is 3.14. The van der Waals surface area contributed by atoms with Crippen LogP contribution in [0.2, 0.25) is 0 Å². The van der Waals surface area contributed by atoms with Crippen molar-refractivity contribution in [2.24, 2.45) is 5.41 Å². The summed E-state index contributed by atoms with van der Waals surface area (Å²) in [5.41, 5.74) is 0.166. The fraction of sp³-hybridized carbons (Fsp3) is 0.818. The highest BCUT2D eigenvalue weighted by Gasteiger charge is 2.42. The predicted octanol–water partition coefficient (Wildman–Crippen LogP) is 0.575. The Labute approximate surface area is 101 Å². The van der Waals surface area contributed by atoms with E-state index in [2.05, 4.69) is 10.6 Å². The Morgan fingerprint density at radius 3 is 2.59 bits per heavy atom. The second-order valence-electron chi connectivity index (χ2n) is 4.63. The highest BCUT2D eigenvalue weighted by Crippen LogP contribution is 2.48. The van der Waals surface area contributed by atoms with Gasteiger partial charge in [0.15, 0.2) is 0 Å². The summed E-state index contributed by atoms with van der Waals surface area (Å²) >= 11 is 0. The second-order valence-corrected chi connectivity index (χ2v) is 4.63. The Morgan fingerprint density at radius 2 is 2.12 bits per heavy atom. The number of urea groups is 1. The summed E-state index contributed by atoms with van der Waals surface area (Å²) in [4.78, 5) is 21.9. The Bertz CT molecular complexity index is 289. The minimum Gasteiger partial charge on any atom is -0.480 e. The number of carboxylic acids is 1. The zero-order chi connectivity index (χ0) is 12.9. The maximum atomic E-state index is 11.4. The van der Waals surface area contributed by atoms with E-state index in [-0.39, 0.29) is 5.41 Å². The normalized spacial score (nSPS) is 18.2. The number of hydrogen-bond donors (Lipinski definition) is 3. The van der Waals surface area contributed by atoms with E-state index in [1.54, 1.807) is 7.11 Å². The molecule has 3 N–H and O–H groups in total. The summed E-state index contributed by atoms with van der Waals surface area (Å²) in [7, 11) is 1.66. The lowest BCUT2D eigenvalue weighted by atomic mass is 10.0. The first kappa shape index (κ1) is 13.8. The van der Waals surface area contributed by atoms with Gasteiger partial charge in [-0.2, -0.15) is 0 Å². The van der Waals surface area contributed by atoms with Crippen LogP contribution >= 0.6 is 0 Å². The molecule has 1 aliphatic carbocycles. The number of carboxylic acid groups (broad SMARTS) is 1. The minimum atomic E-state index is -1.04. The average molecular weight is 244 g/mol. The summed E-state index contributed by atoms with van der Waals surface area (Å²) in [6, 6.07) is -1.30. The van der Waals surface area contributed by atoms with Crippen molar-refractivity contribution in [1.82, 2.24) is 10.6 Å². The van der Waals surface area contributed by atoms with Gasteiger partial charge < -0.3 is 20.5 Å². The van der Waals surface area contributed by atoms with Crippen molar-refractivity contribution in [2.75, 3.05) is 20.3 Å².